The predicted molar refractivity (Wildman–Crippen MR) is 145 cm³/mol. The molecule has 34 heavy (non-hydrogen) atoms. The van der Waals surface area contributed by atoms with Gasteiger partial charge in [-0.15, -0.1) is 0 Å². The van der Waals surface area contributed by atoms with Gasteiger partial charge in [-0.2, -0.15) is 0 Å². The number of nitrogens with one attached hydrogen (secondary N) is 1. The van der Waals surface area contributed by atoms with Crippen molar-refractivity contribution >= 4 is 22.6 Å². The minimum absolute atomic E-state index is 0.632. The van der Waals surface area contributed by atoms with Gasteiger partial charge in [0.05, 0.1) is 11.2 Å². The molecule has 5 rings (SSSR count). The number of hydrogen-bond acceptors (Lipinski definition) is 3. The summed E-state index contributed by atoms with van der Waals surface area (Å²) < 4.78 is 0. The molecule has 3 heteroatoms. The summed E-state index contributed by atoms with van der Waals surface area (Å²) in [4.78, 5) is 0. The minimum atomic E-state index is -0.632. The number of hydrogen-bond donors (Lipinski definition) is 3. The Labute approximate surface area is 201 Å². The van der Waals surface area contributed by atoms with Gasteiger partial charge in [0, 0.05) is 22.5 Å². The lowest BCUT2D eigenvalue weighted by molar-refractivity contribution is 0.569. The number of anilines is 3. The molecule has 0 aliphatic heterocycles. The van der Waals surface area contributed by atoms with Gasteiger partial charge < -0.3 is 16.8 Å². The van der Waals surface area contributed by atoms with Crippen LogP contribution < -0.4 is 16.8 Å². The molecule has 4 aromatic rings. The second kappa shape index (κ2) is 9.05. The third-order valence-corrected chi connectivity index (χ3v) is 6.52. The van der Waals surface area contributed by atoms with Gasteiger partial charge >= 0.3 is 0 Å². The number of para-hydroxylation sites is 2. The van der Waals surface area contributed by atoms with E-state index in [1.807, 2.05) is 18.2 Å². The van der Waals surface area contributed by atoms with Crippen molar-refractivity contribution < 1.29 is 0 Å². The normalized spacial score (nSPS) is 17.3. The van der Waals surface area contributed by atoms with Crippen molar-refractivity contribution in [3.05, 3.63) is 132 Å². The van der Waals surface area contributed by atoms with E-state index >= 15 is 0 Å². The number of rotatable bonds is 5. The smallest absolute Gasteiger partial charge is 0.0654 e. The maximum Gasteiger partial charge on any atom is 0.0654 e. The van der Waals surface area contributed by atoms with Gasteiger partial charge in [-0.25, -0.2) is 0 Å². The third kappa shape index (κ3) is 4.26. The first-order valence-electron chi connectivity index (χ1n) is 11.6. The van der Waals surface area contributed by atoms with Crippen molar-refractivity contribution in [2.45, 2.75) is 18.9 Å². The molecule has 0 amide bonds. The Kier molecular flexibility index (Phi) is 5.79. The van der Waals surface area contributed by atoms with E-state index in [2.05, 4.69) is 109 Å². The molecule has 0 aromatic heterocycles. The van der Waals surface area contributed by atoms with E-state index in [4.69, 9.17) is 11.5 Å². The van der Waals surface area contributed by atoms with E-state index in [1.54, 1.807) is 0 Å². The van der Waals surface area contributed by atoms with Crippen molar-refractivity contribution in [2.75, 3.05) is 11.1 Å². The summed E-state index contributed by atoms with van der Waals surface area (Å²) in [5, 5.41) is 3.73. The van der Waals surface area contributed by atoms with Crippen LogP contribution in [0.5, 0.6) is 0 Å². The van der Waals surface area contributed by atoms with Crippen LogP contribution >= 0.6 is 0 Å². The predicted octanol–water partition coefficient (Wildman–Crippen LogP) is 7.19. The minimum Gasteiger partial charge on any atom is -0.399 e. The van der Waals surface area contributed by atoms with Crippen molar-refractivity contribution in [2.24, 2.45) is 5.73 Å². The molecular formula is C31H29N3. The molecule has 0 heterocycles. The lowest BCUT2D eigenvalue weighted by Crippen LogP contribution is -2.36. The van der Waals surface area contributed by atoms with Gasteiger partial charge in [-0.1, -0.05) is 97.1 Å². The maximum atomic E-state index is 7.09. The van der Waals surface area contributed by atoms with Crippen molar-refractivity contribution in [3.63, 3.8) is 0 Å². The first-order valence-corrected chi connectivity index (χ1v) is 11.6. The van der Waals surface area contributed by atoms with Gasteiger partial charge in [-0.05, 0) is 53.8 Å². The average molecular weight is 444 g/mol. The number of benzene rings is 4. The van der Waals surface area contributed by atoms with E-state index in [9.17, 15) is 0 Å². The number of aryl methyl sites for hydroxylation is 1. The molecule has 5 N–H and O–H groups in total. The summed E-state index contributed by atoms with van der Waals surface area (Å²) in [5.41, 5.74) is 22.1. The summed E-state index contributed by atoms with van der Waals surface area (Å²) in [6.45, 7) is 2.12. The Bertz CT molecular complexity index is 1370. The fourth-order valence-electron chi connectivity index (χ4n) is 4.52. The van der Waals surface area contributed by atoms with E-state index in [-0.39, 0.29) is 0 Å². The topological polar surface area (TPSA) is 64.1 Å². The maximum absolute atomic E-state index is 7.09. The standard InChI is InChI=1S/C31H29N3/c1-22-8-5-6-13-29(22)34-30-27(25-9-3-2-4-10-25)11-7-12-28(30)31(33)20-18-24(19-21-31)23-14-16-26(32)17-15-23/h2-20,34H,21,32-33H2,1H3. The van der Waals surface area contributed by atoms with Crippen LogP contribution in [0.4, 0.5) is 17.1 Å². The highest BCUT2D eigenvalue weighted by Gasteiger charge is 2.30. The van der Waals surface area contributed by atoms with E-state index in [0.717, 1.165) is 44.9 Å². The summed E-state index contributed by atoms with van der Waals surface area (Å²) >= 11 is 0. The zero-order valence-corrected chi connectivity index (χ0v) is 19.3. The molecule has 1 atom stereocenters. The molecule has 0 saturated carbocycles. The monoisotopic (exact) mass is 443 g/mol. The summed E-state index contributed by atoms with van der Waals surface area (Å²) in [5.74, 6) is 0. The highest BCUT2D eigenvalue weighted by molar-refractivity contribution is 5.86. The van der Waals surface area contributed by atoms with Crippen LogP contribution in [0.1, 0.15) is 23.1 Å². The average Bonchev–Trinajstić information content (AvgIpc) is 2.87. The Morgan fingerprint density at radius 1 is 0.765 bits per heavy atom. The lowest BCUT2D eigenvalue weighted by Gasteiger charge is -2.32. The van der Waals surface area contributed by atoms with Gasteiger partial charge in [0.2, 0.25) is 0 Å². The summed E-state index contributed by atoms with van der Waals surface area (Å²) in [6, 6.07) is 33.2. The highest BCUT2D eigenvalue weighted by Crippen LogP contribution is 2.42. The Hall–Kier alpha value is -4.08. The summed E-state index contributed by atoms with van der Waals surface area (Å²) in [6.07, 6.45) is 7.18. The Morgan fingerprint density at radius 3 is 2.21 bits per heavy atom. The molecule has 0 saturated heterocycles. The number of nitrogen functional groups attached to an aromatic ring is 1. The van der Waals surface area contributed by atoms with E-state index < -0.39 is 5.54 Å². The molecule has 0 fully saturated rings. The van der Waals surface area contributed by atoms with Gasteiger partial charge in [0.1, 0.15) is 0 Å². The van der Waals surface area contributed by atoms with Crippen LogP contribution in [0.15, 0.2) is 115 Å². The largest absolute Gasteiger partial charge is 0.399 e. The fraction of sp³-hybridized carbons (Fsp3) is 0.0968. The SMILES string of the molecule is Cc1ccccc1Nc1c(-c2ccccc2)cccc1C1(N)C=CC(c2ccc(N)cc2)=CC1. The Morgan fingerprint density at radius 2 is 1.50 bits per heavy atom. The van der Waals surface area contributed by atoms with Crippen molar-refractivity contribution in [1.29, 1.82) is 0 Å². The quantitative estimate of drug-likeness (QED) is 0.286. The van der Waals surface area contributed by atoms with Crippen LogP contribution in [0.3, 0.4) is 0 Å². The van der Waals surface area contributed by atoms with Gasteiger partial charge in [-0.3, -0.25) is 0 Å². The van der Waals surface area contributed by atoms with E-state index in [0.29, 0.717) is 6.42 Å². The van der Waals surface area contributed by atoms with Crippen LogP contribution in [0.25, 0.3) is 16.7 Å². The second-order valence-electron chi connectivity index (χ2n) is 8.89. The van der Waals surface area contributed by atoms with Crippen LogP contribution in [-0.2, 0) is 5.54 Å². The van der Waals surface area contributed by atoms with Crippen molar-refractivity contribution in [3.8, 4) is 11.1 Å². The first kappa shape index (κ1) is 21.7. The molecule has 168 valence electrons. The second-order valence-corrected chi connectivity index (χ2v) is 8.89. The van der Waals surface area contributed by atoms with Crippen LogP contribution in [0.2, 0.25) is 0 Å². The molecule has 0 bridgehead atoms. The molecule has 1 unspecified atom stereocenters. The molecule has 1 aliphatic carbocycles. The molecule has 3 nitrogen and oxygen atoms in total. The number of allylic oxidation sites excluding steroid dienone is 2. The first-order chi connectivity index (χ1) is 16.5. The molecule has 0 spiro atoms. The zero-order valence-electron chi connectivity index (χ0n) is 19.3. The Balaban J connectivity index is 1.58. The fourth-order valence-corrected chi connectivity index (χ4v) is 4.52. The van der Waals surface area contributed by atoms with E-state index in [1.165, 1.54) is 5.56 Å². The molecule has 4 aromatic carbocycles. The molecular weight excluding hydrogens is 414 g/mol. The lowest BCUT2D eigenvalue weighted by atomic mass is 9.80. The third-order valence-electron chi connectivity index (χ3n) is 6.52. The van der Waals surface area contributed by atoms with Crippen LogP contribution in [0, 0.1) is 6.92 Å². The summed E-state index contributed by atoms with van der Waals surface area (Å²) in [7, 11) is 0. The molecule has 0 radical (unpaired) electrons. The molecule has 1 aliphatic rings. The van der Waals surface area contributed by atoms with Crippen molar-refractivity contribution in [1.82, 2.24) is 0 Å². The zero-order chi connectivity index (χ0) is 23.5. The number of nitrogens with two attached hydrogens (primary N) is 2. The van der Waals surface area contributed by atoms with Gasteiger partial charge in [0.15, 0.2) is 0 Å². The van der Waals surface area contributed by atoms with Crippen LogP contribution in [-0.4, -0.2) is 0 Å². The van der Waals surface area contributed by atoms with Gasteiger partial charge in [0.25, 0.3) is 0 Å². The highest BCUT2D eigenvalue weighted by atomic mass is 14.9.